The maximum absolute atomic E-state index is 13.2. The smallest absolute Gasteiger partial charge is 0.272 e. The molecular weight excluding hydrogens is 410 g/mol. The Morgan fingerprint density at radius 2 is 1.90 bits per heavy atom. The maximum atomic E-state index is 13.2. The van der Waals surface area contributed by atoms with Gasteiger partial charge in [0.05, 0.1) is 5.69 Å². The summed E-state index contributed by atoms with van der Waals surface area (Å²) in [5, 5.41) is 3.35. The Morgan fingerprint density at radius 1 is 1.14 bits per heavy atom. The van der Waals surface area contributed by atoms with Crippen LogP contribution in [-0.2, 0) is 23.5 Å². The minimum atomic E-state index is -3.76. The lowest BCUT2D eigenvalue weighted by atomic mass is 10.2. The molecule has 29 heavy (non-hydrogen) atoms. The molecule has 3 aromatic rings. The van der Waals surface area contributed by atoms with E-state index < -0.39 is 15.9 Å². The fourth-order valence-corrected chi connectivity index (χ4v) is 5.26. The van der Waals surface area contributed by atoms with Crippen LogP contribution in [0.5, 0.6) is 0 Å². The average Bonchev–Trinajstić information content (AvgIpc) is 3.30. The van der Waals surface area contributed by atoms with Gasteiger partial charge in [-0.3, -0.25) is 9.10 Å². The van der Waals surface area contributed by atoms with Gasteiger partial charge in [0, 0.05) is 30.5 Å². The number of aryl methyl sites for hydroxylation is 1. The molecule has 150 valence electrons. The third kappa shape index (κ3) is 3.41. The standard InChI is InChI=1S/C21H20ClN3O3S/c1-14-17(22)7-5-8-18(14)23-21(26)20-12-16(13-24(20)2)29(27,28)25-11-10-15-6-3-4-9-19(15)25/h3-9,12-13H,10-11H2,1-2H3,(H,23,26). The number of sulfonamides is 1. The summed E-state index contributed by atoms with van der Waals surface area (Å²) in [6.07, 6.45) is 2.14. The fraction of sp³-hybridized carbons (Fsp3) is 0.190. The molecule has 2 aromatic carbocycles. The Balaban J connectivity index is 1.64. The third-order valence-corrected chi connectivity index (χ3v) is 7.35. The van der Waals surface area contributed by atoms with E-state index in [-0.39, 0.29) is 10.6 Å². The van der Waals surface area contributed by atoms with Gasteiger partial charge in [-0.2, -0.15) is 0 Å². The number of para-hydroxylation sites is 1. The second-order valence-electron chi connectivity index (χ2n) is 6.99. The van der Waals surface area contributed by atoms with Crippen LogP contribution in [0.3, 0.4) is 0 Å². The van der Waals surface area contributed by atoms with Crippen LogP contribution >= 0.6 is 11.6 Å². The van der Waals surface area contributed by atoms with Crippen molar-refractivity contribution in [3.63, 3.8) is 0 Å². The van der Waals surface area contributed by atoms with Gasteiger partial charge < -0.3 is 9.88 Å². The number of rotatable bonds is 4. The predicted octanol–water partition coefficient (Wildman–Crippen LogP) is 3.99. The number of carbonyl (C=O) groups excluding carboxylic acids is 1. The molecule has 0 saturated carbocycles. The van der Waals surface area contributed by atoms with Gasteiger partial charge in [0.15, 0.2) is 0 Å². The highest BCUT2D eigenvalue weighted by molar-refractivity contribution is 7.92. The molecule has 8 heteroatoms. The summed E-state index contributed by atoms with van der Waals surface area (Å²) >= 11 is 6.11. The zero-order chi connectivity index (χ0) is 20.8. The fourth-order valence-electron chi connectivity index (χ4n) is 3.52. The summed E-state index contributed by atoms with van der Waals surface area (Å²) in [4.78, 5) is 12.9. The van der Waals surface area contributed by atoms with Gasteiger partial charge in [-0.25, -0.2) is 8.42 Å². The normalized spacial score (nSPS) is 13.4. The van der Waals surface area contributed by atoms with E-state index in [1.165, 1.54) is 21.1 Å². The van der Waals surface area contributed by atoms with E-state index in [2.05, 4.69) is 5.32 Å². The monoisotopic (exact) mass is 429 g/mol. The third-order valence-electron chi connectivity index (χ3n) is 5.16. The molecule has 1 aromatic heterocycles. The summed E-state index contributed by atoms with van der Waals surface area (Å²) < 4.78 is 29.3. The topological polar surface area (TPSA) is 71.4 Å². The van der Waals surface area contributed by atoms with Crippen LogP contribution in [0, 0.1) is 6.92 Å². The zero-order valence-corrected chi connectivity index (χ0v) is 17.6. The largest absolute Gasteiger partial charge is 0.345 e. The van der Waals surface area contributed by atoms with E-state index in [4.69, 9.17) is 11.6 Å². The van der Waals surface area contributed by atoms with Crippen molar-refractivity contribution in [1.29, 1.82) is 0 Å². The maximum Gasteiger partial charge on any atom is 0.272 e. The quantitative estimate of drug-likeness (QED) is 0.681. The van der Waals surface area contributed by atoms with Crippen LogP contribution in [0.15, 0.2) is 59.6 Å². The average molecular weight is 430 g/mol. The first kappa shape index (κ1) is 19.5. The summed E-state index contributed by atoms with van der Waals surface area (Å²) in [5.74, 6) is -0.402. The second kappa shape index (κ2) is 7.24. The van der Waals surface area contributed by atoms with Gasteiger partial charge in [-0.15, -0.1) is 0 Å². The summed E-state index contributed by atoms with van der Waals surface area (Å²) in [6, 6.07) is 14.1. The zero-order valence-electron chi connectivity index (χ0n) is 16.0. The second-order valence-corrected chi connectivity index (χ2v) is 9.26. The molecule has 0 saturated heterocycles. The molecule has 0 unspecified atom stereocenters. The molecule has 0 radical (unpaired) electrons. The van der Waals surface area contributed by atoms with Gasteiger partial charge >= 0.3 is 0 Å². The van der Waals surface area contributed by atoms with Crippen molar-refractivity contribution in [2.45, 2.75) is 18.2 Å². The predicted molar refractivity (Wildman–Crippen MR) is 114 cm³/mol. The van der Waals surface area contributed by atoms with Crippen molar-refractivity contribution >= 4 is 38.9 Å². The SMILES string of the molecule is Cc1c(Cl)cccc1NC(=O)c1cc(S(=O)(=O)N2CCc3ccccc32)cn1C. The van der Waals surface area contributed by atoms with Gasteiger partial charge in [-0.05, 0) is 48.7 Å². The highest BCUT2D eigenvalue weighted by Crippen LogP contribution is 2.33. The van der Waals surface area contributed by atoms with E-state index >= 15 is 0 Å². The number of nitrogens with zero attached hydrogens (tertiary/aromatic N) is 2. The molecular formula is C21H20ClN3O3S. The molecule has 2 heterocycles. The lowest BCUT2D eigenvalue weighted by Gasteiger charge is -2.18. The molecule has 0 spiro atoms. The van der Waals surface area contributed by atoms with E-state index in [0.29, 0.717) is 29.4 Å². The Bertz CT molecular complexity index is 1220. The number of benzene rings is 2. The van der Waals surface area contributed by atoms with Crippen LogP contribution in [0.4, 0.5) is 11.4 Å². The first-order valence-electron chi connectivity index (χ1n) is 9.12. The van der Waals surface area contributed by atoms with E-state index in [1.54, 1.807) is 31.3 Å². The number of anilines is 2. The van der Waals surface area contributed by atoms with Gasteiger partial charge in [-0.1, -0.05) is 35.9 Å². The highest BCUT2D eigenvalue weighted by Gasteiger charge is 2.32. The Hall–Kier alpha value is -2.77. The number of fused-ring (bicyclic) bond motifs is 1. The number of carbonyl (C=O) groups is 1. The number of aromatic nitrogens is 1. The molecule has 1 N–H and O–H groups in total. The van der Waals surface area contributed by atoms with E-state index in [0.717, 1.165) is 11.1 Å². The van der Waals surface area contributed by atoms with Gasteiger partial charge in [0.1, 0.15) is 10.6 Å². The lowest BCUT2D eigenvalue weighted by Crippen LogP contribution is -2.28. The molecule has 0 atom stereocenters. The van der Waals surface area contributed by atoms with Gasteiger partial charge in [0.2, 0.25) is 0 Å². The Morgan fingerprint density at radius 3 is 2.69 bits per heavy atom. The van der Waals surface area contributed by atoms with Crippen molar-refractivity contribution < 1.29 is 13.2 Å². The van der Waals surface area contributed by atoms with Crippen molar-refractivity contribution in [1.82, 2.24) is 4.57 Å². The Labute approximate surface area is 174 Å². The van der Waals surface area contributed by atoms with Crippen LogP contribution in [0.25, 0.3) is 0 Å². The first-order valence-corrected chi connectivity index (χ1v) is 10.9. The van der Waals surface area contributed by atoms with E-state index in [1.807, 2.05) is 25.1 Å². The minimum Gasteiger partial charge on any atom is -0.345 e. The van der Waals surface area contributed by atoms with Crippen molar-refractivity contribution in [3.05, 3.63) is 76.6 Å². The molecule has 1 aliphatic rings. The van der Waals surface area contributed by atoms with Crippen molar-refractivity contribution in [3.8, 4) is 0 Å². The lowest BCUT2D eigenvalue weighted by molar-refractivity contribution is 0.101. The van der Waals surface area contributed by atoms with Crippen molar-refractivity contribution in [2.75, 3.05) is 16.2 Å². The molecule has 0 aliphatic carbocycles. The number of halogens is 1. The number of amides is 1. The van der Waals surface area contributed by atoms with Crippen LogP contribution in [0.1, 0.15) is 21.6 Å². The van der Waals surface area contributed by atoms with Crippen molar-refractivity contribution in [2.24, 2.45) is 7.05 Å². The molecule has 0 bridgehead atoms. The first-order chi connectivity index (χ1) is 13.8. The minimum absolute atomic E-state index is 0.0877. The van der Waals surface area contributed by atoms with Gasteiger partial charge in [0.25, 0.3) is 15.9 Å². The molecule has 1 amide bonds. The molecule has 1 aliphatic heterocycles. The number of nitrogens with one attached hydrogen (secondary N) is 1. The Kier molecular flexibility index (Phi) is 4.88. The summed E-state index contributed by atoms with van der Waals surface area (Å²) in [7, 11) is -2.11. The summed E-state index contributed by atoms with van der Waals surface area (Å²) in [6.45, 7) is 2.20. The molecule has 4 rings (SSSR count). The number of hydrogen-bond acceptors (Lipinski definition) is 3. The molecule has 0 fully saturated rings. The highest BCUT2D eigenvalue weighted by atomic mass is 35.5. The number of hydrogen-bond donors (Lipinski definition) is 1. The summed E-state index contributed by atoms with van der Waals surface area (Å²) in [5.41, 5.74) is 3.27. The van der Waals surface area contributed by atoms with E-state index in [9.17, 15) is 13.2 Å². The van der Waals surface area contributed by atoms with Crippen LogP contribution in [0.2, 0.25) is 5.02 Å². The molecule has 6 nitrogen and oxygen atoms in total. The van der Waals surface area contributed by atoms with Crippen LogP contribution < -0.4 is 9.62 Å². The van der Waals surface area contributed by atoms with Crippen LogP contribution in [-0.4, -0.2) is 25.4 Å².